The normalized spacial score (nSPS) is 11.8. The third-order valence-electron chi connectivity index (χ3n) is 2.81. The molecule has 104 valence electrons. The maximum absolute atomic E-state index is 9.28. The summed E-state index contributed by atoms with van der Waals surface area (Å²) in [4.78, 5) is 8.75. The van der Waals surface area contributed by atoms with E-state index in [4.69, 9.17) is 0 Å². The minimum Gasteiger partial charge on any atom is -0.396 e. The number of fused-ring (bicyclic) bond motifs is 1. The van der Waals surface area contributed by atoms with E-state index in [1.807, 2.05) is 20.8 Å². The number of nitrogens with one attached hydrogen (secondary N) is 3. The van der Waals surface area contributed by atoms with Crippen molar-refractivity contribution in [3.8, 4) is 0 Å². The number of hydrogen-bond acceptors (Lipinski definition) is 6. The van der Waals surface area contributed by atoms with Crippen molar-refractivity contribution in [1.82, 2.24) is 20.2 Å². The van der Waals surface area contributed by atoms with E-state index in [0.29, 0.717) is 18.1 Å². The van der Waals surface area contributed by atoms with Crippen LogP contribution in [0.15, 0.2) is 6.20 Å². The Bertz CT molecular complexity index is 550. The summed E-state index contributed by atoms with van der Waals surface area (Å²) in [5, 5.41) is 23.3. The van der Waals surface area contributed by atoms with Gasteiger partial charge in [-0.15, -0.1) is 0 Å². The van der Waals surface area contributed by atoms with Gasteiger partial charge in [0.15, 0.2) is 5.65 Å². The predicted molar refractivity (Wildman–Crippen MR) is 75.2 cm³/mol. The van der Waals surface area contributed by atoms with Crippen molar-refractivity contribution in [2.75, 3.05) is 30.3 Å². The zero-order chi connectivity index (χ0) is 13.9. The summed E-state index contributed by atoms with van der Waals surface area (Å²) in [5.41, 5.74) is 0.481. The fourth-order valence-corrected chi connectivity index (χ4v) is 1.59. The molecule has 0 aliphatic heterocycles. The van der Waals surface area contributed by atoms with Crippen molar-refractivity contribution in [2.24, 2.45) is 5.41 Å². The highest BCUT2D eigenvalue weighted by Gasteiger charge is 2.17. The van der Waals surface area contributed by atoms with Gasteiger partial charge in [0.25, 0.3) is 0 Å². The molecule has 0 radical (unpaired) electrons. The van der Waals surface area contributed by atoms with Gasteiger partial charge in [-0.3, -0.25) is 5.10 Å². The van der Waals surface area contributed by atoms with Crippen LogP contribution in [-0.4, -0.2) is 45.0 Å². The third-order valence-corrected chi connectivity index (χ3v) is 2.81. The molecule has 0 aromatic carbocycles. The van der Waals surface area contributed by atoms with E-state index in [1.54, 1.807) is 6.20 Å². The minimum absolute atomic E-state index is 0.111. The largest absolute Gasteiger partial charge is 0.396 e. The number of aliphatic hydroxyl groups excluding tert-OH is 1. The van der Waals surface area contributed by atoms with Gasteiger partial charge in [-0.1, -0.05) is 13.8 Å². The summed E-state index contributed by atoms with van der Waals surface area (Å²) >= 11 is 0. The molecule has 0 aliphatic rings. The van der Waals surface area contributed by atoms with Crippen LogP contribution >= 0.6 is 0 Å². The summed E-state index contributed by atoms with van der Waals surface area (Å²) in [6.45, 7) is 7.44. The Morgan fingerprint density at radius 1 is 1.32 bits per heavy atom. The van der Waals surface area contributed by atoms with Gasteiger partial charge in [0, 0.05) is 25.1 Å². The first kappa shape index (κ1) is 13.5. The van der Waals surface area contributed by atoms with Crippen LogP contribution in [0.3, 0.4) is 0 Å². The molecule has 19 heavy (non-hydrogen) atoms. The van der Waals surface area contributed by atoms with Crippen LogP contribution in [0.5, 0.6) is 0 Å². The maximum atomic E-state index is 9.28. The van der Waals surface area contributed by atoms with Gasteiger partial charge in [-0.25, -0.2) is 0 Å². The summed E-state index contributed by atoms with van der Waals surface area (Å²) in [5.74, 6) is 1.28. The second kappa shape index (κ2) is 5.40. The Kier molecular flexibility index (Phi) is 3.84. The first-order valence-corrected chi connectivity index (χ1v) is 6.35. The maximum Gasteiger partial charge on any atom is 0.226 e. The molecule has 0 atom stereocenters. The van der Waals surface area contributed by atoms with E-state index in [2.05, 4.69) is 30.8 Å². The van der Waals surface area contributed by atoms with Crippen molar-refractivity contribution in [1.29, 1.82) is 0 Å². The summed E-state index contributed by atoms with van der Waals surface area (Å²) in [6, 6.07) is 0. The number of anilines is 2. The average molecular weight is 264 g/mol. The Balaban J connectivity index is 2.27. The number of hydrogen-bond donors (Lipinski definition) is 4. The first-order valence-electron chi connectivity index (χ1n) is 6.35. The van der Waals surface area contributed by atoms with Gasteiger partial charge in [0.1, 0.15) is 5.82 Å². The molecule has 0 saturated carbocycles. The quantitative estimate of drug-likeness (QED) is 0.626. The number of aliphatic hydroxyl groups is 1. The molecule has 0 spiro atoms. The highest BCUT2D eigenvalue weighted by molar-refractivity contribution is 5.86. The average Bonchev–Trinajstić information content (AvgIpc) is 2.85. The zero-order valence-electron chi connectivity index (χ0n) is 11.5. The van der Waals surface area contributed by atoms with Gasteiger partial charge in [-0.05, 0) is 6.92 Å². The van der Waals surface area contributed by atoms with E-state index < -0.39 is 0 Å². The minimum atomic E-state index is -0.209. The molecule has 0 bridgehead atoms. The summed E-state index contributed by atoms with van der Waals surface area (Å²) < 4.78 is 0. The van der Waals surface area contributed by atoms with Crippen LogP contribution in [0.1, 0.15) is 20.8 Å². The van der Waals surface area contributed by atoms with Crippen molar-refractivity contribution in [3.05, 3.63) is 6.20 Å². The molecule has 2 heterocycles. The zero-order valence-corrected chi connectivity index (χ0v) is 11.5. The number of H-pyrrole nitrogens is 1. The van der Waals surface area contributed by atoms with Gasteiger partial charge in [-0.2, -0.15) is 15.1 Å². The monoisotopic (exact) mass is 264 g/mol. The van der Waals surface area contributed by atoms with E-state index >= 15 is 0 Å². The molecule has 0 saturated heterocycles. The molecule has 7 nitrogen and oxygen atoms in total. The molecule has 0 unspecified atom stereocenters. The lowest BCUT2D eigenvalue weighted by Gasteiger charge is -2.22. The molecule has 2 aromatic heterocycles. The molecular formula is C12H20N6O. The van der Waals surface area contributed by atoms with Crippen molar-refractivity contribution in [2.45, 2.75) is 20.8 Å². The molecule has 2 aromatic rings. The van der Waals surface area contributed by atoms with Crippen molar-refractivity contribution >= 4 is 22.8 Å². The van der Waals surface area contributed by atoms with Crippen LogP contribution in [0.2, 0.25) is 0 Å². The van der Waals surface area contributed by atoms with Crippen LogP contribution < -0.4 is 10.6 Å². The highest BCUT2D eigenvalue weighted by atomic mass is 16.3. The standard InChI is InChI=1S/C12H20N6O/c1-4-13-11-16-9(14-6-12(2,3)7-19)8-5-15-18-10(8)17-11/h5,19H,4,6-7H2,1-3H3,(H3,13,14,15,16,17,18). The Hall–Kier alpha value is -1.89. The van der Waals surface area contributed by atoms with Crippen molar-refractivity contribution < 1.29 is 5.11 Å². The van der Waals surface area contributed by atoms with Crippen LogP contribution in [0, 0.1) is 5.41 Å². The fraction of sp³-hybridized carbons (Fsp3) is 0.583. The molecule has 7 heteroatoms. The lowest BCUT2D eigenvalue weighted by atomic mass is 9.95. The number of aromatic nitrogens is 4. The summed E-state index contributed by atoms with van der Waals surface area (Å²) in [7, 11) is 0. The first-order chi connectivity index (χ1) is 9.05. The predicted octanol–water partition coefficient (Wildman–Crippen LogP) is 1.22. The highest BCUT2D eigenvalue weighted by Crippen LogP contribution is 2.22. The van der Waals surface area contributed by atoms with E-state index in [-0.39, 0.29) is 12.0 Å². The molecule has 0 aliphatic carbocycles. The van der Waals surface area contributed by atoms with Gasteiger partial charge >= 0.3 is 0 Å². The molecular weight excluding hydrogens is 244 g/mol. The van der Waals surface area contributed by atoms with E-state index in [9.17, 15) is 5.11 Å². The third kappa shape index (κ3) is 3.11. The Labute approximate surface area is 111 Å². The molecule has 0 amide bonds. The summed E-state index contributed by atoms with van der Waals surface area (Å²) in [6.07, 6.45) is 1.69. The second-order valence-electron chi connectivity index (χ2n) is 5.23. The van der Waals surface area contributed by atoms with Crippen LogP contribution in [0.4, 0.5) is 11.8 Å². The topological polar surface area (TPSA) is 98.8 Å². The fourth-order valence-electron chi connectivity index (χ4n) is 1.59. The van der Waals surface area contributed by atoms with Crippen LogP contribution in [-0.2, 0) is 0 Å². The second-order valence-corrected chi connectivity index (χ2v) is 5.23. The lowest BCUT2D eigenvalue weighted by molar-refractivity contribution is 0.171. The van der Waals surface area contributed by atoms with Crippen LogP contribution in [0.25, 0.3) is 11.0 Å². The SMILES string of the molecule is CCNc1nc(NCC(C)(C)CO)c2cn[nH]c2n1. The van der Waals surface area contributed by atoms with Gasteiger partial charge < -0.3 is 15.7 Å². The van der Waals surface area contributed by atoms with E-state index in [1.165, 1.54) is 0 Å². The molecule has 2 rings (SSSR count). The Morgan fingerprint density at radius 3 is 2.79 bits per heavy atom. The number of nitrogens with zero attached hydrogens (tertiary/aromatic N) is 3. The Morgan fingerprint density at radius 2 is 2.11 bits per heavy atom. The van der Waals surface area contributed by atoms with E-state index in [0.717, 1.165) is 17.7 Å². The number of rotatable bonds is 6. The smallest absolute Gasteiger partial charge is 0.226 e. The molecule has 0 fully saturated rings. The lowest BCUT2D eigenvalue weighted by Crippen LogP contribution is -2.27. The number of aromatic amines is 1. The van der Waals surface area contributed by atoms with Crippen molar-refractivity contribution in [3.63, 3.8) is 0 Å². The van der Waals surface area contributed by atoms with Gasteiger partial charge in [0.2, 0.25) is 5.95 Å². The molecule has 4 N–H and O–H groups in total. The van der Waals surface area contributed by atoms with Gasteiger partial charge in [0.05, 0.1) is 11.6 Å².